The lowest BCUT2D eigenvalue weighted by molar-refractivity contribution is 0.194. The fraction of sp³-hybridized carbons (Fsp3) is 0.562. The van der Waals surface area contributed by atoms with Crippen molar-refractivity contribution in [2.75, 3.05) is 20.1 Å². The van der Waals surface area contributed by atoms with E-state index in [9.17, 15) is 4.79 Å². The molecule has 1 aliphatic heterocycles. The molecule has 1 aliphatic rings. The summed E-state index contributed by atoms with van der Waals surface area (Å²) in [6.07, 6.45) is 2.46. The van der Waals surface area contributed by atoms with Crippen LogP contribution >= 0.6 is 0 Å². The van der Waals surface area contributed by atoms with Gasteiger partial charge in [-0.1, -0.05) is 12.1 Å². The normalized spacial score (nSPS) is 20.6. The summed E-state index contributed by atoms with van der Waals surface area (Å²) in [5.74, 6) is 0.586. The molecule has 0 N–H and O–H groups in total. The Labute approximate surface area is 119 Å². The quantitative estimate of drug-likeness (QED) is 0.858. The van der Waals surface area contributed by atoms with Crippen LogP contribution in [0.2, 0.25) is 0 Å². The van der Waals surface area contributed by atoms with E-state index in [1.807, 2.05) is 34.3 Å². The van der Waals surface area contributed by atoms with Crippen LogP contribution in [0.1, 0.15) is 19.8 Å². The van der Waals surface area contributed by atoms with Crippen molar-refractivity contribution in [3.8, 4) is 0 Å². The van der Waals surface area contributed by atoms with Gasteiger partial charge in [0.2, 0.25) is 0 Å². The highest BCUT2D eigenvalue weighted by atomic mass is 16.1. The monoisotopic (exact) mass is 273 g/mol. The van der Waals surface area contributed by atoms with E-state index in [2.05, 4.69) is 18.0 Å². The first kappa shape index (κ1) is 13.4. The number of aryl methyl sites for hydroxylation is 1. The molecule has 1 unspecified atom stereocenters. The van der Waals surface area contributed by atoms with Crippen LogP contribution < -0.4 is 5.69 Å². The van der Waals surface area contributed by atoms with Crippen LogP contribution in [0, 0.1) is 5.92 Å². The topological polar surface area (TPSA) is 30.2 Å². The van der Waals surface area contributed by atoms with Crippen LogP contribution in [0.4, 0.5) is 0 Å². The first-order valence-electron chi connectivity index (χ1n) is 7.57. The summed E-state index contributed by atoms with van der Waals surface area (Å²) < 4.78 is 3.85. The van der Waals surface area contributed by atoms with Crippen LogP contribution in [-0.4, -0.2) is 34.2 Å². The summed E-state index contributed by atoms with van der Waals surface area (Å²) in [4.78, 5) is 15.0. The SMILES string of the molecule is CCn1c(=O)n(CC2CCCN(C)C2)c2ccccc21. The number of para-hydroxylation sites is 2. The van der Waals surface area contributed by atoms with E-state index in [1.165, 1.54) is 19.4 Å². The molecule has 20 heavy (non-hydrogen) atoms. The van der Waals surface area contributed by atoms with Gasteiger partial charge in [0, 0.05) is 19.6 Å². The minimum atomic E-state index is 0.141. The standard InChI is InChI=1S/C16H23N3O/c1-3-18-14-8-4-5-9-15(14)19(16(18)20)12-13-7-6-10-17(2)11-13/h4-5,8-9,13H,3,6-7,10-12H2,1-2H3. The Morgan fingerprint density at radius 3 is 2.55 bits per heavy atom. The molecule has 2 heterocycles. The highest BCUT2D eigenvalue weighted by molar-refractivity contribution is 5.75. The first-order valence-corrected chi connectivity index (χ1v) is 7.57. The van der Waals surface area contributed by atoms with Gasteiger partial charge < -0.3 is 4.90 Å². The summed E-state index contributed by atoms with van der Waals surface area (Å²) in [6, 6.07) is 8.14. The van der Waals surface area contributed by atoms with E-state index in [4.69, 9.17) is 0 Å². The maximum atomic E-state index is 12.6. The maximum absolute atomic E-state index is 12.6. The molecule has 2 aromatic rings. The second-order valence-corrected chi connectivity index (χ2v) is 5.90. The number of hydrogen-bond acceptors (Lipinski definition) is 2. The molecule has 0 spiro atoms. The molecule has 1 aromatic heterocycles. The van der Waals surface area contributed by atoms with Crippen LogP contribution in [0.5, 0.6) is 0 Å². The number of nitrogens with zero attached hydrogens (tertiary/aromatic N) is 3. The van der Waals surface area contributed by atoms with E-state index in [1.54, 1.807) is 0 Å². The molecule has 0 aliphatic carbocycles. The van der Waals surface area contributed by atoms with Crippen molar-refractivity contribution in [3.63, 3.8) is 0 Å². The van der Waals surface area contributed by atoms with Gasteiger partial charge in [-0.2, -0.15) is 0 Å². The molecule has 108 valence electrons. The average molecular weight is 273 g/mol. The van der Waals surface area contributed by atoms with E-state index in [0.717, 1.165) is 30.7 Å². The third-order valence-corrected chi connectivity index (χ3v) is 4.40. The van der Waals surface area contributed by atoms with Crippen molar-refractivity contribution in [1.82, 2.24) is 14.0 Å². The van der Waals surface area contributed by atoms with Gasteiger partial charge in [-0.3, -0.25) is 9.13 Å². The molecule has 1 saturated heterocycles. The van der Waals surface area contributed by atoms with Crippen molar-refractivity contribution in [1.29, 1.82) is 0 Å². The molecule has 0 bridgehead atoms. The Bertz CT molecular complexity index is 655. The van der Waals surface area contributed by atoms with E-state index >= 15 is 0 Å². The van der Waals surface area contributed by atoms with Crippen molar-refractivity contribution in [2.24, 2.45) is 5.92 Å². The van der Waals surface area contributed by atoms with Crippen molar-refractivity contribution >= 4 is 11.0 Å². The number of rotatable bonds is 3. The fourth-order valence-corrected chi connectivity index (χ4v) is 3.43. The fourth-order valence-electron chi connectivity index (χ4n) is 3.43. The van der Waals surface area contributed by atoms with Gasteiger partial charge in [-0.25, -0.2) is 4.79 Å². The lowest BCUT2D eigenvalue weighted by atomic mass is 9.98. The van der Waals surface area contributed by atoms with Crippen LogP contribution in [0.3, 0.4) is 0 Å². The number of likely N-dealkylation sites (tertiary alicyclic amines) is 1. The van der Waals surface area contributed by atoms with Gasteiger partial charge in [0.15, 0.2) is 0 Å². The summed E-state index contributed by atoms with van der Waals surface area (Å²) in [7, 11) is 2.17. The largest absolute Gasteiger partial charge is 0.329 e. The van der Waals surface area contributed by atoms with Gasteiger partial charge >= 0.3 is 5.69 Å². The van der Waals surface area contributed by atoms with Crippen molar-refractivity contribution < 1.29 is 0 Å². The van der Waals surface area contributed by atoms with Crippen LogP contribution in [0.15, 0.2) is 29.1 Å². The predicted octanol–water partition coefficient (Wildman–Crippen LogP) is 2.16. The summed E-state index contributed by atoms with van der Waals surface area (Å²) in [5.41, 5.74) is 2.28. The van der Waals surface area contributed by atoms with E-state index in [0.29, 0.717) is 5.92 Å². The third-order valence-electron chi connectivity index (χ3n) is 4.40. The molecule has 4 nitrogen and oxygen atoms in total. The minimum absolute atomic E-state index is 0.141. The predicted molar refractivity (Wildman–Crippen MR) is 82.1 cm³/mol. The van der Waals surface area contributed by atoms with Gasteiger partial charge in [0.25, 0.3) is 0 Å². The Morgan fingerprint density at radius 1 is 1.20 bits per heavy atom. The minimum Gasteiger partial charge on any atom is -0.306 e. The molecule has 1 aromatic carbocycles. The zero-order valence-corrected chi connectivity index (χ0v) is 12.4. The zero-order chi connectivity index (χ0) is 14.1. The highest BCUT2D eigenvalue weighted by Gasteiger charge is 2.20. The smallest absolute Gasteiger partial charge is 0.306 e. The molecular weight excluding hydrogens is 250 g/mol. The zero-order valence-electron chi connectivity index (χ0n) is 12.4. The number of hydrogen-bond donors (Lipinski definition) is 0. The Hall–Kier alpha value is -1.55. The lowest BCUT2D eigenvalue weighted by Gasteiger charge is -2.29. The van der Waals surface area contributed by atoms with E-state index in [-0.39, 0.29) is 5.69 Å². The lowest BCUT2D eigenvalue weighted by Crippen LogP contribution is -2.36. The van der Waals surface area contributed by atoms with Gasteiger partial charge in [0.05, 0.1) is 11.0 Å². The Balaban J connectivity index is 1.99. The van der Waals surface area contributed by atoms with Gasteiger partial charge in [-0.15, -0.1) is 0 Å². The van der Waals surface area contributed by atoms with Gasteiger partial charge in [-0.05, 0) is 51.4 Å². The number of imidazole rings is 1. The average Bonchev–Trinajstić information content (AvgIpc) is 2.72. The maximum Gasteiger partial charge on any atom is 0.329 e. The number of piperidine rings is 1. The van der Waals surface area contributed by atoms with Crippen molar-refractivity contribution in [3.05, 3.63) is 34.7 Å². The summed E-state index contributed by atoms with van der Waals surface area (Å²) >= 11 is 0. The third kappa shape index (κ3) is 2.29. The molecule has 0 saturated carbocycles. The highest BCUT2D eigenvalue weighted by Crippen LogP contribution is 2.19. The molecule has 1 atom stereocenters. The number of fused-ring (bicyclic) bond motifs is 1. The Kier molecular flexibility index (Phi) is 3.66. The van der Waals surface area contributed by atoms with E-state index < -0.39 is 0 Å². The number of benzene rings is 1. The summed E-state index contributed by atoms with van der Waals surface area (Å²) in [5, 5.41) is 0. The first-order chi connectivity index (χ1) is 9.70. The van der Waals surface area contributed by atoms with Crippen LogP contribution in [-0.2, 0) is 13.1 Å². The second kappa shape index (κ2) is 5.44. The number of aromatic nitrogens is 2. The van der Waals surface area contributed by atoms with Crippen LogP contribution in [0.25, 0.3) is 11.0 Å². The molecule has 0 radical (unpaired) electrons. The second-order valence-electron chi connectivity index (χ2n) is 5.90. The molecule has 1 fully saturated rings. The Morgan fingerprint density at radius 2 is 1.90 bits per heavy atom. The molecular formula is C16H23N3O. The molecule has 0 amide bonds. The molecule has 4 heteroatoms. The summed E-state index contributed by atoms with van der Waals surface area (Å²) in [6.45, 7) is 5.89. The van der Waals surface area contributed by atoms with Crippen molar-refractivity contribution in [2.45, 2.75) is 32.9 Å². The molecule has 3 rings (SSSR count). The van der Waals surface area contributed by atoms with Gasteiger partial charge in [0.1, 0.15) is 0 Å².